The third-order valence-corrected chi connectivity index (χ3v) is 5.98. The number of ether oxygens (including phenoxy) is 1. The second-order valence-corrected chi connectivity index (χ2v) is 9.44. The zero-order valence-electron chi connectivity index (χ0n) is 16.1. The monoisotopic (exact) mass is 552 g/mol. The van der Waals surface area contributed by atoms with Crippen molar-refractivity contribution in [2.75, 3.05) is 11.9 Å². The highest BCUT2D eigenvalue weighted by Crippen LogP contribution is 2.34. The van der Waals surface area contributed by atoms with Crippen LogP contribution in [0.25, 0.3) is 6.08 Å². The molecule has 3 rings (SSSR count). The second kappa shape index (κ2) is 9.80. The average molecular weight is 554 g/mol. The van der Waals surface area contributed by atoms with Gasteiger partial charge in [-0.15, -0.1) is 0 Å². The first-order valence-corrected chi connectivity index (χ1v) is 11.4. The van der Waals surface area contributed by atoms with E-state index >= 15 is 0 Å². The van der Waals surface area contributed by atoms with Crippen molar-refractivity contribution < 1.29 is 19.1 Å². The van der Waals surface area contributed by atoms with Crippen LogP contribution in [0.3, 0.4) is 0 Å². The van der Waals surface area contributed by atoms with E-state index in [-0.39, 0.29) is 17.6 Å². The van der Waals surface area contributed by atoms with E-state index in [9.17, 15) is 14.4 Å². The predicted molar refractivity (Wildman–Crippen MR) is 125 cm³/mol. The normalized spacial score (nSPS) is 15.2. The number of imide groups is 1. The molecule has 0 spiro atoms. The van der Waals surface area contributed by atoms with Crippen molar-refractivity contribution in [3.63, 3.8) is 0 Å². The van der Waals surface area contributed by atoms with Gasteiger partial charge in [0.1, 0.15) is 12.3 Å². The van der Waals surface area contributed by atoms with Crippen LogP contribution in [0.2, 0.25) is 0 Å². The summed E-state index contributed by atoms with van der Waals surface area (Å²) in [7, 11) is 0. The van der Waals surface area contributed by atoms with Crippen LogP contribution in [0, 0.1) is 0 Å². The number of carbonyl (C=O) groups excluding carboxylic acids is 3. The Hall–Kier alpha value is -2.10. The van der Waals surface area contributed by atoms with Crippen molar-refractivity contribution in [1.82, 2.24) is 4.90 Å². The summed E-state index contributed by atoms with van der Waals surface area (Å²) in [5, 5.41) is 2.20. The lowest BCUT2D eigenvalue weighted by atomic mass is 10.2. The standard InChI is InChI=1S/C21H18Br2N2O4S/c1-12(2)29-17-8-3-13(9-16(17)23)10-18-20(27)25(21(28)30-18)11-19(26)24-15-6-4-14(22)5-7-15/h3-10,12H,11H2,1-2H3,(H,24,26)/b18-10-. The summed E-state index contributed by atoms with van der Waals surface area (Å²) in [5.74, 6) is -0.242. The van der Waals surface area contributed by atoms with Crippen LogP contribution >= 0.6 is 43.6 Å². The summed E-state index contributed by atoms with van der Waals surface area (Å²) in [6.07, 6.45) is 1.66. The number of halogens is 2. The number of anilines is 1. The SMILES string of the molecule is CC(C)Oc1ccc(/C=C2\SC(=O)N(CC(=O)Nc3ccc(Br)cc3)C2=O)cc1Br. The van der Waals surface area contributed by atoms with Gasteiger partial charge in [-0.2, -0.15) is 0 Å². The number of hydrogen-bond donors (Lipinski definition) is 1. The molecule has 6 nitrogen and oxygen atoms in total. The quantitative estimate of drug-likeness (QED) is 0.466. The molecule has 30 heavy (non-hydrogen) atoms. The summed E-state index contributed by atoms with van der Waals surface area (Å²) < 4.78 is 7.30. The molecule has 1 aliphatic heterocycles. The van der Waals surface area contributed by atoms with Gasteiger partial charge >= 0.3 is 0 Å². The van der Waals surface area contributed by atoms with E-state index in [1.54, 1.807) is 42.5 Å². The summed E-state index contributed by atoms with van der Waals surface area (Å²) in [6, 6.07) is 12.4. The molecule has 0 unspecified atom stereocenters. The lowest BCUT2D eigenvalue weighted by Crippen LogP contribution is -2.36. The summed E-state index contributed by atoms with van der Waals surface area (Å²) >= 11 is 7.59. The molecule has 156 valence electrons. The van der Waals surface area contributed by atoms with Gasteiger partial charge in [-0.1, -0.05) is 22.0 Å². The molecule has 9 heteroatoms. The Labute approximate surface area is 195 Å². The van der Waals surface area contributed by atoms with E-state index in [0.29, 0.717) is 11.4 Å². The van der Waals surface area contributed by atoms with Crippen LogP contribution in [-0.4, -0.2) is 34.6 Å². The Bertz CT molecular complexity index is 1020. The first-order chi connectivity index (χ1) is 14.2. The zero-order valence-corrected chi connectivity index (χ0v) is 20.1. The fourth-order valence-electron chi connectivity index (χ4n) is 2.62. The number of nitrogens with zero attached hydrogens (tertiary/aromatic N) is 1. The first kappa shape index (κ1) is 22.6. The highest BCUT2D eigenvalue weighted by Gasteiger charge is 2.36. The van der Waals surface area contributed by atoms with Crippen LogP contribution in [-0.2, 0) is 9.59 Å². The molecular formula is C21H18Br2N2O4S. The van der Waals surface area contributed by atoms with Gasteiger partial charge in [0.25, 0.3) is 11.1 Å². The van der Waals surface area contributed by atoms with Gasteiger partial charge in [0.15, 0.2) is 0 Å². The Morgan fingerprint density at radius 3 is 2.50 bits per heavy atom. The molecule has 1 saturated heterocycles. The number of hydrogen-bond acceptors (Lipinski definition) is 5. The third kappa shape index (κ3) is 5.74. The number of carbonyl (C=O) groups is 3. The van der Waals surface area contributed by atoms with E-state index in [2.05, 4.69) is 37.2 Å². The first-order valence-electron chi connectivity index (χ1n) is 9.00. The average Bonchev–Trinajstić information content (AvgIpc) is 2.93. The maximum atomic E-state index is 12.6. The van der Waals surface area contributed by atoms with Crippen molar-refractivity contribution in [3.8, 4) is 5.75 Å². The van der Waals surface area contributed by atoms with Crippen molar-refractivity contribution in [2.24, 2.45) is 0 Å². The van der Waals surface area contributed by atoms with E-state index in [1.165, 1.54) is 0 Å². The van der Waals surface area contributed by atoms with Gasteiger partial charge in [-0.05, 0) is 89.6 Å². The third-order valence-electron chi connectivity index (χ3n) is 3.92. The summed E-state index contributed by atoms with van der Waals surface area (Å²) in [5.41, 5.74) is 1.32. The topological polar surface area (TPSA) is 75.7 Å². The smallest absolute Gasteiger partial charge is 0.294 e. The van der Waals surface area contributed by atoms with Gasteiger partial charge in [-0.3, -0.25) is 19.3 Å². The molecule has 0 atom stereocenters. The molecular weight excluding hydrogens is 536 g/mol. The number of benzene rings is 2. The lowest BCUT2D eigenvalue weighted by Gasteiger charge is -2.12. The summed E-state index contributed by atoms with van der Waals surface area (Å²) in [4.78, 5) is 38.4. The Balaban J connectivity index is 1.68. The second-order valence-electron chi connectivity index (χ2n) is 6.68. The number of thioether (sulfide) groups is 1. The number of nitrogens with one attached hydrogen (secondary N) is 1. The minimum Gasteiger partial charge on any atom is -0.490 e. The fourth-order valence-corrected chi connectivity index (χ4v) is 4.21. The Morgan fingerprint density at radius 2 is 1.87 bits per heavy atom. The molecule has 0 aliphatic carbocycles. The molecule has 1 aliphatic rings. The highest BCUT2D eigenvalue weighted by molar-refractivity contribution is 9.10. The van der Waals surface area contributed by atoms with E-state index in [4.69, 9.17) is 4.74 Å². The van der Waals surface area contributed by atoms with Crippen molar-refractivity contribution in [1.29, 1.82) is 0 Å². The molecule has 1 heterocycles. The summed E-state index contributed by atoms with van der Waals surface area (Å²) in [6.45, 7) is 3.52. The lowest BCUT2D eigenvalue weighted by molar-refractivity contribution is -0.127. The van der Waals surface area contributed by atoms with Gasteiger partial charge in [0, 0.05) is 10.2 Å². The van der Waals surface area contributed by atoms with Crippen molar-refractivity contribution >= 4 is 72.4 Å². The van der Waals surface area contributed by atoms with Crippen molar-refractivity contribution in [2.45, 2.75) is 20.0 Å². The molecule has 2 aromatic rings. The zero-order chi connectivity index (χ0) is 21.8. The molecule has 2 aromatic carbocycles. The van der Waals surface area contributed by atoms with E-state index in [1.807, 2.05) is 19.9 Å². The van der Waals surface area contributed by atoms with Crippen LogP contribution < -0.4 is 10.1 Å². The fraction of sp³-hybridized carbons (Fsp3) is 0.190. The minimum atomic E-state index is -0.491. The predicted octanol–water partition coefficient (Wildman–Crippen LogP) is 5.67. The Kier molecular flexibility index (Phi) is 7.38. The molecule has 3 amide bonds. The molecule has 0 saturated carbocycles. The molecule has 1 N–H and O–H groups in total. The van der Waals surface area contributed by atoms with E-state index in [0.717, 1.165) is 31.2 Å². The Morgan fingerprint density at radius 1 is 1.17 bits per heavy atom. The van der Waals surface area contributed by atoms with Crippen LogP contribution in [0.5, 0.6) is 5.75 Å². The maximum Gasteiger partial charge on any atom is 0.294 e. The van der Waals surface area contributed by atoms with Crippen LogP contribution in [0.4, 0.5) is 10.5 Å². The highest BCUT2D eigenvalue weighted by atomic mass is 79.9. The van der Waals surface area contributed by atoms with Gasteiger partial charge < -0.3 is 10.1 Å². The molecule has 0 bridgehead atoms. The molecule has 0 radical (unpaired) electrons. The minimum absolute atomic E-state index is 0.0344. The molecule has 0 aromatic heterocycles. The van der Waals surface area contributed by atoms with Gasteiger partial charge in [0.05, 0.1) is 15.5 Å². The largest absolute Gasteiger partial charge is 0.490 e. The van der Waals surface area contributed by atoms with Crippen molar-refractivity contribution in [3.05, 3.63) is 61.9 Å². The van der Waals surface area contributed by atoms with E-state index < -0.39 is 17.1 Å². The number of amides is 3. The van der Waals surface area contributed by atoms with Gasteiger partial charge in [-0.25, -0.2) is 0 Å². The number of rotatable bonds is 6. The van der Waals surface area contributed by atoms with Gasteiger partial charge in [0.2, 0.25) is 5.91 Å². The molecule has 1 fully saturated rings. The van der Waals surface area contributed by atoms with Crippen LogP contribution in [0.15, 0.2) is 56.3 Å². The maximum absolute atomic E-state index is 12.6. The van der Waals surface area contributed by atoms with Crippen LogP contribution in [0.1, 0.15) is 19.4 Å².